The third-order valence-corrected chi connectivity index (χ3v) is 4.14. The van der Waals surface area contributed by atoms with Gasteiger partial charge in [-0.15, -0.1) is 0 Å². The van der Waals surface area contributed by atoms with Gasteiger partial charge in [0, 0.05) is 11.5 Å². The summed E-state index contributed by atoms with van der Waals surface area (Å²) in [6, 6.07) is 5.51. The number of aromatic nitrogens is 2. The molecule has 4 rings (SSSR count). The molecule has 0 saturated heterocycles. The second-order valence-electron chi connectivity index (χ2n) is 7.38. The fourth-order valence-electron chi connectivity index (χ4n) is 2.89. The highest BCUT2D eigenvalue weighted by Gasteiger charge is 2.35. The molecule has 7 nitrogen and oxygen atoms in total. The van der Waals surface area contributed by atoms with Gasteiger partial charge in [-0.3, -0.25) is 0 Å². The van der Waals surface area contributed by atoms with E-state index in [0.717, 1.165) is 24.1 Å². The fraction of sp³-hybridized carbons (Fsp3) is 0.444. The zero-order valence-electron chi connectivity index (χ0n) is 14.5. The SMILES string of the molecule is CC(C)(C)OC(=O)n1nc(-c2ccc3c(c2)OCO3)c(N)c1C1CC1. The predicted octanol–water partition coefficient (Wildman–Crippen LogP) is 3.52. The van der Waals surface area contributed by atoms with Crippen molar-refractivity contribution in [3.63, 3.8) is 0 Å². The highest BCUT2D eigenvalue weighted by Crippen LogP contribution is 2.46. The summed E-state index contributed by atoms with van der Waals surface area (Å²) in [4.78, 5) is 12.6. The summed E-state index contributed by atoms with van der Waals surface area (Å²) in [6.45, 7) is 5.68. The first-order valence-electron chi connectivity index (χ1n) is 8.35. The van der Waals surface area contributed by atoms with Crippen molar-refractivity contribution in [1.82, 2.24) is 9.78 Å². The van der Waals surface area contributed by atoms with Crippen LogP contribution in [0.25, 0.3) is 11.3 Å². The molecular weight excluding hydrogens is 322 g/mol. The maximum absolute atomic E-state index is 12.6. The molecule has 7 heteroatoms. The van der Waals surface area contributed by atoms with Gasteiger partial charge in [-0.25, -0.2) is 4.79 Å². The van der Waals surface area contributed by atoms with Gasteiger partial charge in [0.1, 0.15) is 11.3 Å². The number of hydrogen-bond donors (Lipinski definition) is 1. The van der Waals surface area contributed by atoms with E-state index in [1.54, 1.807) is 0 Å². The van der Waals surface area contributed by atoms with Crippen LogP contribution in [0.1, 0.15) is 45.2 Å². The van der Waals surface area contributed by atoms with E-state index in [2.05, 4.69) is 5.10 Å². The smallest absolute Gasteiger partial charge is 0.435 e. The number of anilines is 1. The number of ether oxygens (including phenoxy) is 3. The van der Waals surface area contributed by atoms with Gasteiger partial charge in [0.15, 0.2) is 11.5 Å². The molecule has 1 aromatic carbocycles. The molecule has 2 N–H and O–H groups in total. The minimum atomic E-state index is -0.600. The number of carbonyl (C=O) groups is 1. The van der Waals surface area contributed by atoms with Crippen LogP contribution in [-0.4, -0.2) is 28.3 Å². The first-order chi connectivity index (χ1) is 11.8. The van der Waals surface area contributed by atoms with E-state index in [9.17, 15) is 4.79 Å². The highest BCUT2D eigenvalue weighted by atomic mass is 16.7. The van der Waals surface area contributed by atoms with E-state index < -0.39 is 11.7 Å². The molecule has 0 spiro atoms. The maximum Gasteiger partial charge on any atom is 0.435 e. The molecule has 2 aromatic rings. The van der Waals surface area contributed by atoms with Gasteiger partial charge in [0.25, 0.3) is 0 Å². The lowest BCUT2D eigenvalue weighted by Gasteiger charge is -2.19. The van der Waals surface area contributed by atoms with E-state index in [1.165, 1.54) is 4.68 Å². The second-order valence-corrected chi connectivity index (χ2v) is 7.38. The molecule has 1 aliphatic carbocycles. The van der Waals surface area contributed by atoms with E-state index in [0.29, 0.717) is 22.9 Å². The Labute approximate surface area is 145 Å². The molecule has 1 fully saturated rings. The molecule has 0 amide bonds. The van der Waals surface area contributed by atoms with Crippen molar-refractivity contribution in [3.8, 4) is 22.8 Å². The van der Waals surface area contributed by atoms with E-state index >= 15 is 0 Å². The Hall–Kier alpha value is -2.70. The molecule has 0 radical (unpaired) electrons. The standard InChI is InChI=1S/C18H21N3O4/c1-18(2,3)25-17(22)21-16(10-4-5-10)14(19)15(20-21)11-6-7-12-13(8-11)24-9-23-12/h6-8,10H,4-5,9,19H2,1-3H3. The van der Waals surface area contributed by atoms with E-state index in [4.69, 9.17) is 19.9 Å². The van der Waals surface area contributed by atoms with E-state index in [1.807, 2.05) is 39.0 Å². The third kappa shape index (κ3) is 2.90. The number of fused-ring (bicyclic) bond motifs is 1. The summed E-state index contributed by atoms with van der Waals surface area (Å²) in [6.07, 6.45) is 1.49. The summed E-state index contributed by atoms with van der Waals surface area (Å²) >= 11 is 0. The average molecular weight is 343 g/mol. The molecular formula is C18H21N3O4. The molecule has 1 aliphatic heterocycles. The predicted molar refractivity (Wildman–Crippen MR) is 91.8 cm³/mol. The van der Waals surface area contributed by atoms with Gasteiger partial charge in [0.05, 0.1) is 11.4 Å². The van der Waals surface area contributed by atoms with Crippen LogP contribution in [-0.2, 0) is 4.74 Å². The van der Waals surface area contributed by atoms with Crippen LogP contribution in [0, 0.1) is 0 Å². The Balaban J connectivity index is 1.76. The van der Waals surface area contributed by atoms with Crippen molar-refractivity contribution < 1.29 is 19.0 Å². The van der Waals surface area contributed by atoms with Gasteiger partial charge in [-0.1, -0.05) is 0 Å². The Morgan fingerprint density at radius 1 is 1.28 bits per heavy atom. The van der Waals surface area contributed by atoms with Crippen LogP contribution in [0.3, 0.4) is 0 Å². The first-order valence-corrected chi connectivity index (χ1v) is 8.35. The molecule has 25 heavy (non-hydrogen) atoms. The number of nitrogens with zero attached hydrogens (tertiary/aromatic N) is 2. The highest BCUT2D eigenvalue weighted by molar-refractivity contribution is 5.82. The van der Waals surface area contributed by atoms with Crippen molar-refractivity contribution in [2.75, 3.05) is 12.5 Å². The number of carbonyl (C=O) groups excluding carboxylic acids is 1. The van der Waals surface area contributed by atoms with Crippen molar-refractivity contribution in [2.45, 2.75) is 45.1 Å². The minimum absolute atomic E-state index is 0.202. The largest absolute Gasteiger partial charge is 0.454 e. The molecule has 2 aliphatic rings. The Kier molecular flexibility index (Phi) is 3.42. The van der Waals surface area contributed by atoms with Gasteiger partial charge in [0.2, 0.25) is 6.79 Å². The first kappa shape index (κ1) is 15.8. The summed E-state index contributed by atoms with van der Waals surface area (Å²) < 4.78 is 17.6. The Morgan fingerprint density at radius 3 is 2.68 bits per heavy atom. The lowest BCUT2D eigenvalue weighted by Crippen LogP contribution is -2.28. The van der Waals surface area contributed by atoms with Gasteiger partial charge in [-0.2, -0.15) is 9.78 Å². The van der Waals surface area contributed by atoms with Gasteiger partial charge >= 0.3 is 6.09 Å². The molecule has 1 aromatic heterocycles. The van der Waals surface area contributed by atoms with Crippen molar-refractivity contribution in [3.05, 3.63) is 23.9 Å². The molecule has 0 atom stereocenters. The summed E-state index contributed by atoms with van der Waals surface area (Å²) in [7, 11) is 0. The van der Waals surface area contributed by atoms with Crippen LogP contribution in [0.5, 0.6) is 11.5 Å². The second kappa shape index (κ2) is 5.40. The summed E-state index contributed by atoms with van der Waals surface area (Å²) in [5.41, 5.74) is 8.36. The topological polar surface area (TPSA) is 88.6 Å². The number of benzene rings is 1. The Morgan fingerprint density at radius 2 is 2.00 bits per heavy atom. The van der Waals surface area contributed by atoms with Crippen LogP contribution in [0.2, 0.25) is 0 Å². The number of nitrogen functional groups attached to an aromatic ring is 1. The molecule has 0 bridgehead atoms. The van der Waals surface area contributed by atoms with Crippen molar-refractivity contribution >= 4 is 11.8 Å². The van der Waals surface area contributed by atoms with Gasteiger partial charge in [-0.05, 0) is 51.8 Å². The zero-order chi connectivity index (χ0) is 17.8. The molecule has 1 saturated carbocycles. The molecule has 2 heterocycles. The zero-order valence-corrected chi connectivity index (χ0v) is 14.5. The van der Waals surface area contributed by atoms with Crippen LogP contribution in [0.15, 0.2) is 18.2 Å². The quantitative estimate of drug-likeness (QED) is 0.897. The Bertz CT molecular complexity index is 847. The maximum atomic E-state index is 12.6. The fourth-order valence-corrected chi connectivity index (χ4v) is 2.89. The minimum Gasteiger partial charge on any atom is -0.454 e. The average Bonchev–Trinajstić information content (AvgIpc) is 3.14. The summed E-state index contributed by atoms with van der Waals surface area (Å²) in [5.74, 6) is 1.59. The number of rotatable bonds is 2. The van der Waals surface area contributed by atoms with Crippen molar-refractivity contribution in [2.24, 2.45) is 0 Å². The number of nitrogens with two attached hydrogens (primary N) is 1. The van der Waals surface area contributed by atoms with Crippen LogP contribution in [0.4, 0.5) is 10.5 Å². The monoisotopic (exact) mass is 343 g/mol. The van der Waals surface area contributed by atoms with Crippen molar-refractivity contribution in [1.29, 1.82) is 0 Å². The third-order valence-electron chi connectivity index (χ3n) is 4.14. The molecule has 0 unspecified atom stereocenters. The lowest BCUT2D eigenvalue weighted by molar-refractivity contribution is 0.0510. The molecule has 132 valence electrons. The van der Waals surface area contributed by atoms with E-state index in [-0.39, 0.29) is 12.7 Å². The normalized spacial score (nSPS) is 16.1. The van der Waals surface area contributed by atoms with Crippen LogP contribution < -0.4 is 15.2 Å². The van der Waals surface area contributed by atoms with Crippen LogP contribution >= 0.6 is 0 Å². The lowest BCUT2D eigenvalue weighted by atomic mass is 10.1. The van der Waals surface area contributed by atoms with Gasteiger partial charge < -0.3 is 19.9 Å². The summed E-state index contributed by atoms with van der Waals surface area (Å²) in [5, 5.41) is 4.47. The number of hydrogen-bond acceptors (Lipinski definition) is 6.